The van der Waals surface area contributed by atoms with Crippen molar-refractivity contribution in [1.82, 2.24) is 0 Å². The van der Waals surface area contributed by atoms with Crippen molar-refractivity contribution in [1.29, 1.82) is 0 Å². The molecule has 1 aliphatic carbocycles. The molecule has 0 bridgehead atoms. The van der Waals surface area contributed by atoms with Crippen molar-refractivity contribution in [2.75, 3.05) is 0 Å². The van der Waals surface area contributed by atoms with Crippen LogP contribution in [0.3, 0.4) is 0 Å². The van der Waals surface area contributed by atoms with Crippen LogP contribution in [0.4, 0.5) is 0 Å². The van der Waals surface area contributed by atoms with Gasteiger partial charge in [-0.2, -0.15) is 0 Å². The summed E-state index contributed by atoms with van der Waals surface area (Å²) in [6, 6.07) is 6.53. The van der Waals surface area contributed by atoms with Crippen molar-refractivity contribution in [2.45, 2.75) is 51.9 Å². The minimum absolute atomic E-state index is 1.17. The van der Waals surface area contributed by atoms with Gasteiger partial charge < -0.3 is 0 Å². The highest BCUT2D eigenvalue weighted by Crippen LogP contribution is 2.32. The lowest BCUT2D eigenvalue weighted by atomic mass is 10.0. The van der Waals surface area contributed by atoms with Gasteiger partial charge in [-0.3, -0.25) is 0 Å². The smallest absolute Gasteiger partial charge is 0.0250 e. The molecule has 0 heterocycles. The number of benzene rings is 1. The maximum Gasteiger partial charge on any atom is 0.0250 e. The number of fused-ring (bicyclic) bond motifs is 1. The van der Waals surface area contributed by atoms with Gasteiger partial charge in [0.25, 0.3) is 0 Å². The average molecular weight is 293 g/mol. The van der Waals surface area contributed by atoms with Crippen molar-refractivity contribution in [2.24, 2.45) is 0 Å². The number of unbranched alkanes of at least 4 members (excludes halogenated alkanes) is 4. The molecular formula is C16H21Br. The van der Waals surface area contributed by atoms with Crippen LogP contribution < -0.4 is 0 Å². The molecule has 1 aliphatic rings. The van der Waals surface area contributed by atoms with E-state index in [2.05, 4.69) is 47.1 Å². The first-order valence-corrected chi connectivity index (χ1v) is 7.57. The van der Waals surface area contributed by atoms with E-state index in [0.717, 1.165) is 0 Å². The predicted molar refractivity (Wildman–Crippen MR) is 79.2 cm³/mol. The van der Waals surface area contributed by atoms with Gasteiger partial charge in [-0.15, -0.1) is 0 Å². The SMILES string of the molecule is CCCCCCCC1=Cc2c(Br)cccc2C1. The van der Waals surface area contributed by atoms with E-state index in [-0.39, 0.29) is 0 Å². The van der Waals surface area contributed by atoms with E-state index in [0.29, 0.717) is 0 Å². The van der Waals surface area contributed by atoms with E-state index in [1.165, 1.54) is 60.5 Å². The van der Waals surface area contributed by atoms with Gasteiger partial charge in [0.1, 0.15) is 0 Å². The molecule has 0 aromatic heterocycles. The summed E-state index contributed by atoms with van der Waals surface area (Å²) in [4.78, 5) is 0. The van der Waals surface area contributed by atoms with Gasteiger partial charge >= 0.3 is 0 Å². The maximum absolute atomic E-state index is 3.63. The minimum atomic E-state index is 1.17. The van der Waals surface area contributed by atoms with E-state index in [9.17, 15) is 0 Å². The van der Waals surface area contributed by atoms with Crippen LogP contribution in [0.1, 0.15) is 56.6 Å². The van der Waals surface area contributed by atoms with E-state index in [1.807, 2.05) is 0 Å². The van der Waals surface area contributed by atoms with Crippen LogP contribution in [0.5, 0.6) is 0 Å². The van der Waals surface area contributed by atoms with Crippen molar-refractivity contribution >= 4 is 22.0 Å². The number of hydrogen-bond donors (Lipinski definition) is 0. The minimum Gasteiger partial charge on any atom is -0.0654 e. The Morgan fingerprint density at radius 3 is 2.71 bits per heavy atom. The molecular weight excluding hydrogens is 272 g/mol. The second-order valence-electron chi connectivity index (χ2n) is 4.96. The Balaban J connectivity index is 1.82. The molecule has 2 rings (SSSR count). The number of allylic oxidation sites excluding steroid dienone is 1. The Morgan fingerprint density at radius 1 is 1.12 bits per heavy atom. The zero-order valence-electron chi connectivity index (χ0n) is 10.6. The van der Waals surface area contributed by atoms with Crippen molar-refractivity contribution in [3.63, 3.8) is 0 Å². The number of halogens is 1. The van der Waals surface area contributed by atoms with E-state index in [4.69, 9.17) is 0 Å². The van der Waals surface area contributed by atoms with Crippen LogP contribution in [0.25, 0.3) is 6.08 Å². The molecule has 0 spiro atoms. The first kappa shape index (κ1) is 12.9. The third-order valence-electron chi connectivity index (χ3n) is 3.51. The molecule has 0 aliphatic heterocycles. The van der Waals surface area contributed by atoms with Gasteiger partial charge in [0, 0.05) is 4.47 Å². The molecule has 0 nitrogen and oxygen atoms in total. The van der Waals surface area contributed by atoms with Crippen LogP contribution in [0.15, 0.2) is 28.2 Å². The summed E-state index contributed by atoms with van der Waals surface area (Å²) in [5, 5.41) is 0. The monoisotopic (exact) mass is 292 g/mol. The molecule has 0 fully saturated rings. The Bertz CT molecular complexity index is 404. The lowest BCUT2D eigenvalue weighted by molar-refractivity contribution is 0.629. The largest absolute Gasteiger partial charge is 0.0654 e. The molecule has 0 N–H and O–H groups in total. The molecule has 92 valence electrons. The lowest BCUT2D eigenvalue weighted by Gasteiger charge is -2.02. The lowest BCUT2D eigenvalue weighted by Crippen LogP contribution is -1.86. The highest BCUT2D eigenvalue weighted by molar-refractivity contribution is 9.10. The zero-order chi connectivity index (χ0) is 12.1. The standard InChI is InChI=1S/C16H21Br/c1-2-3-4-5-6-8-13-11-14-9-7-10-16(17)15(14)12-13/h7,9-10,12H,2-6,8,11H2,1H3. The van der Waals surface area contributed by atoms with Crippen LogP contribution >= 0.6 is 15.9 Å². The quantitative estimate of drug-likeness (QED) is 0.586. The van der Waals surface area contributed by atoms with Crippen LogP contribution in [-0.2, 0) is 6.42 Å². The highest BCUT2D eigenvalue weighted by atomic mass is 79.9. The van der Waals surface area contributed by atoms with Gasteiger partial charge in [-0.05, 0) is 36.5 Å². The highest BCUT2D eigenvalue weighted by Gasteiger charge is 2.13. The predicted octanol–water partition coefficient (Wildman–Crippen LogP) is 5.75. The van der Waals surface area contributed by atoms with E-state index >= 15 is 0 Å². The fourth-order valence-corrected chi connectivity index (χ4v) is 3.04. The molecule has 1 aromatic carbocycles. The van der Waals surface area contributed by atoms with E-state index < -0.39 is 0 Å². The molecule has 17 heavy (non-hydrogen) atoms. The third-order valence-corrected chi connectivity index (χ3v) is 4.20. The number of hydrogen-bond acceptors (Lipinski definition) is 0. The Kier molecular flexibility index (Phi) is 4.85. The van der Waals surface area contributed by atoms with Crippen molar-refractivity contribution < 1.29 is 0 Å². The molecule has 0 unspecified atom stereocenters. The first-order valence-electron chi connectivity index (χ1n) is 6.78. The number of rotatable bonds is 6. The van der Waals surface area contributed by atoms with Crippen molar-refractivity contribution in [3.8, 4) is 0 Å². The van der Waals surface area contributed by atoms with Crippen LogP contribution in [-0.4, -0.2) is 0 Å². The Hall–Kier alpha value is -0.560. The van der Waals surface area contributed by atoms with Gasteiger partial charge in [0.15, 0.2) is 0 Å². The topological polar surface area (TPSA) is 0 Å². The fourth-order valence-electron chi connectivity index (χ4n) is 2.51. The summed E-state index contributed by atoms with van der Waals surface area (Å²) in [5.74, 6) is 0. The fraction of sp³-hybridized carbons (Fsp3) is 0.500. The summed E-state index contributed by atoms with van der Waals surface area (Å²) >= 11 is 3.63. The average Bonchev–Trinajstić information content (AvgIpc) is 2.73. The molecule has 0 radical (unpaired) electrons. The summed E-state index contributed by atoms with van der Waals surface area (Å²) in [5.41, 5.74) is 4.52. The molecule has 0 saturated heterocycles. The van der Waals surface area contributed by atoms with Crippen molar-refractivity contribution in [3.05, 3.63) is 39.4 Å². The molecule has 0 amide bonds. The molecule has 1 aromatic rings. The summed E-state index contributed by atoms with van der Waals surface area (Å²) in [6.45, 7) is 2.27. The zero-order valence-corrected chi connectivity index (χ0v) is 12.2. The summed E-state index contributed by atoms with van der Waals surface area (Å²) in [7, 11) is 0. The van der Waals surface area contributed by atoms with Gasteiger partial charge in [0.2, 0.25) is 0 Å². The first-order chi connectivity index (χ1) is 8.31. The third kappa shape index (κ3) is 3.45. The normalized spacial score (nSPS) is 13.6. The van der Waals surface area contributed by atoms with E-state index in [1.54, 1.807) is 5.57 Å². The van der Waals surface area contributed by atoms with Gasteiger partial charge in [0.05, 0.1) is 0 Å². The molecule has 1 heteroatoms. The summed E-state index contributed by atoms with van der Waals surface area (Å²) in [6.07, 6.45) is 11.7. The van der Waals surface area contributed by atoms with Crippen LogP contribution in [0.2, 0.25) is 0 Å². The summed E-state index contributed by atoms with van der Waals surface area (Å²) < 4.78 is 1.25. The molecule has 0 saturated carbocycles. The second-order valence-corrected chi connectivity index (χ2v) is 5.81. The van der Waals surface area contributed by atoms with Gasteiger partial charge in [-0.1, -0.05) is 72.3 Å². The van der Waals surface area contributed by atoms with Crippen LogP contribution in [0, 0.1) is 0 Å². The second kappa shape index (κ2) is 6.39. The maximum atomic E-state index is 3.63. The Labute approximate surface area is 113 Å². The van der Waals surface area contributed by atoms with Gasteiger partial charge in [-0.25, -0.2) is 0 Å². The molecule has 0 atom stereocenters. The Morgan fingerprint density at radius 2 is 1.94 bits per heavy atom.